The minimum atomic E-state index is 0.0759. The molecule has 2 rings (SSSR count). The van der Waals surface area contributed by atoms with Gasteiger partial charge in [0.2, 0.25) is 11.7 Å². The van der Waals surface area contributed by atoms with E-state index >= 15 is 0 Å². The van der Waals surface area contributed by atoms with Crippen molar-refractivity contribution in [3.63, 3.8) is 0 Å². The van der Waals surface area contributed by atoms with Gasteiger partial charge in [0.25, 0.3) is 0 Å². The van der Waals surface area contributed by atoms with Crippen LogP contribution in [0.4, 0.5) is 0 Å². The zero-order chi connectivity index (χ0) is 13.1. The monoisotopic (exact) mass is 309 g/mol. The molecule has 0 aliphatic heterocycles. The molecule has 0 aliphatic rings. The second-order valence-electron chi connectivity index (χ2n) is 4.19. The molecule has 1 N–H and O–H groups in total. The maximum absolute atomic E-state index is 5.28. The number of aryl methyl sites for hydroxylation is 1. The van der Waals surface area contributed by atoms with E-state index in [1.807, 2.05) is 39.0 Å². The first-order chi connectivity index (χ1) is 8.61. The molecule has 0 aliphatic carbocycles. The summed E-state index contributed by atoms with van der Waals surface area (Å²) < 4.78 is 6.33. The zero-order valence-corrected chi connectivity index (χ0v) is 12.3. The molecule has 0 amide bonds. The van der Waals surface area contributed by atoms with E-state index in [1.165, 1.54) is 0 Å². The molecular formula is C13H16BrN3O. The zero-order valence-electron chi connectivity index (χ0n) is 10.7. The lowest BCUT2D eigenvalue weighted by molar-refractivity contribution is 0.342. The fraction of sp³-hybridized carbons (Fsp3) is 0.385. The Hall–Kier alpha value is -1.20. The molecule has 1 unspecified atom stereocenters. The Morgan fingerprint density at radius 2 is 2.22 bits per heavy atom. The predicted molar refractivity (Wildman–Crippen MR) is 74.3 cm³/mol. The molecule has 5 heteroatoms. The number of benzene rings is 1. The van der Waals surface area contributed by atoms with E-state index in [2.05, 4.69) is 31.4 Å². The smallest absolute Gasteiger partial charge is 0.243 e. The fourth-order valence-electron chi connectivity index (χ4n) is 1.79. The van der Waals surface area contributed by atoms with Gasteiger partial charge in [-0.3, -0.25) is 0 Å². The van der Waals surface area contributed by atoms with Crippen molar-refractivity contribution in [1.29, 1.82) is 0 Å². The Balaban J connectivity index is 2.29. The van der Waals surface area contributed by atoms with Crippen molar-refractivity contribution in [2.75, 3.05) is 6.54 Å². The Kier molecular flexibility index (Phi) is 4.14. The van der Waals surface area contributed by atoms with Gasteiger partial charge in [-0.1, -0.05) is 28.0 Å². The summed E-state index contributed by atoms with van der Waals surface area (Å²) in [5.41, 5.74) is 2.12. The van der Waals surface area contributed by atoms with E-state index in [1.54, 1.807) is 0 Å². The number of hydrogen-bond acceptors (Lipinski definition) is 4. The first-order valence-corrected chi connectivity index (χ1v) is 6.74. The van der Waals surface area contributed by atoms with E-state index in [4.69, 9.17) is 4.52 Å². The molecule has 1 heterocycles. The van der Waals surface area contributed by atoms with Crippen LogP contribution in [0.1, 0.15) is 31.3 Å². The Bertz CT molecular complexity index is 539. The Labute approximate surface area is 115 Å². The molecule has 0 spiro atoms. The van der Waals surface area contributed by atoms with E-state index in [9.17, 15) is 0 Å². The van der Waals surface area contributed by atoms with Gasteiger partial charge in [-0.05, 0) is 44.2 Å². The molecule has 0 radical (unpaired) electrons. The third kappa shape index (κ3) is 2.79. The third-order valence-electron chi connectivity index (χ3n) is 2.75. The largest absolute Gasteiger partial charge is 0.337 e. The molecule has 0 saturated carbocycles. The number of halogens is 1. The summed E-state index contributed by atoms with van der Waals surface area (Å²) in [6, 6.07) is 6.09. The van der Waals surface area contributed by atoms with Crippen molar-refractivity contribution < 1.29 is 4.52 Å². The average molecular weight is 310 g/mol. The molecule has 0 bridgehead atoms. The second-order valence-corrected chi connectivity index (χ2v) is 5.11. The lowest BCUT2D eigenvalue weighted by Gasteiger charge is -2.05. The van der Waals surface area contributed by atoms with Crippen LogP contribution in [0.3, 0.4) is 0 Å². The molecule has 2 aromatic rings. The van der Waals surface area contributed by atoms with Crippen molar-refractivity contribution in [2.45, 2.75) is 26.8 Å². The van der Waals surface area contributed by atoms with Gasteiger partial charge < -0.3 is 9.84 Å². The predicted octanol–water partition coefficient (Wildman–Crippen LogP) is 3.48. The third-order valence-corrected chi connectivity index (χ3v) is 3.25. The number of hydrogen-bond donors (Lipinski definition) is 1. The standard InChI is InChI=1S/C13H16BrN3O/c1-4-15-9(3)13-16-12(17-18-13)11-6-5-10(14)7-8(11)2/h5-7,9,15H,4H2,1-3H3. The maximum Gasteiger partial charge on any atom is 0.243 e. The number of nitrogens with one attached hydrogen (secondary N) is 1. The van der Waals surface area contributed by atoms with Crippen molar-refractivity contribution in [1.82, 2.24) is 15.5 Å². The van der Waals surface area contributed by atoms with Crippen LogP contribution in [0.25, 0.3) is 11.4 Å². The summed E-state index contributed by atoms with van der Waals surface area (Å²) in [5.74, 6) is 1.26. The normalized spacial score (nSPS) is 12.7. The number of aromatic nitrogens is 2. The highest BCUT2D eigenvalue weighted by Crippen LogP contribution is 2.24. The van der Waals surface area contributed by atoms with Crippen LogP contribution in [0.15, 0.2) is 27.2 Å². The first-order valence-electron chi connectivity index (χ1n) is 5.95. The highest BCUT2D eigenvalue weighted by molar-refractivity contribution is 9.10. The van der Waals surface area contributed by atoms with Crippen molar-refractivity contribution in [3.05, 3.63) is 34.1 Å². The second kappa shape index (κ2) is 5.63. The minimum Gasteiger partial charge on any atom is -0.337 e. The lowest BCUT2D eigenvalue weighted by Crippen LogP contribution is -2.17. The molecule has 4 nitrogen and oxygen atoms in total. The van der Waals surface area contributed by atoms with Crippen LogP contribution in [0, 0.1) is 6.92 Å². The number of rotatable bonds is 4. The molecule has 0 fully saturated rings. The van der Waals surface area contributed by atoms with Crippen LogP contribution in [-0.2, 0) is 0 Å². The molecular weight excluding hydrogens is 294 g/mol. The quantitative estimate of drug-likeness (QED) is 0.939. The van der Waals surface area contributed by atoms with Crippen molar-refractivity contribution in [3.8, 4) is 11.4 Å². The van der Waals surface area contributed by atoms with Crippen LogP contribution < -0.4 is 5.32 Å². The molecule has 1 aromatic heterocycles. The van der Waals surface area contributed by atoms with Crippen molar-refractivity contribution >= 4 is 15.9 Å². The summed E-state index contributed by atoms with van der Waals surface area (Å²) in [5, 5.41) is 7.29. The SMILES string of the molecule is CCNC(C)c1nc(-c2ccc(Br)cc2C)no1. The summed E-state index contributed by atoms with van der Waals surface area (Å²) >= 11 is 3.44. The Morgan fingerprint density at radius 1 is 1.44 bits per heavy atom. The molecule has 18 heavy (non-hydrogen) atoms. The van der Waals surface area contributed by atoms with Gasteiger partial charge >= 0.3 is 0 Å². The highest BCUT2D eigenvalue weighted by atomic mass is 79.9. The Morgan fingerprint density at radius 3 is 2.89 bits per heavy atom. The van der Waals surface area contributed by atoms with Gasteiger partial charge in [0.1, 0.15) is 0 Å². The van der Waals surface area contributed by atoms with Gasteiger partial charge in [-0.25, -0.2) is 0 Å². The van der Waals surface area contributed by atoms with Gasteiger partial charge in [0, 0.05) is 10.0 Å². The highest BCUT2D eigenvalue weighted by Gasteiger charge is 2.15. The van der Waals surface area contributed by atoms with Crippen LogP contribution in [-0.4, -0.2) is 16.7 Å². The molecule has 1 atom stereocenters. The van der Waals surface area contributed by atoms with Gasteiger partial charge in [-0.2, -0.15) is 4.98 Å². The van der Waals surface area contributed by atoms with E-state index in [0.29, 0.717) is 11.7 Å². The lowest BCUT2D eigenvalue weighted by atomic mass is 10.1. The fourth-order valence-corrected chi connectivity index (χ4v) is 2.27. The van der Waals surface area contributed by atoms with Gasteiger partial charge in [0.05, 0.1) is 6.04 Å². The van der Waals surface area contributed by atoms with E-state index < -0.39 is 0 Å². The van der Waals surface area contributed by atoms with E-state index in [0.717, 1.165) is 22.1 Å². The summed E-state index contributed by atoms with van der Waals surface area (Å²) in [7, 11) is 0. The number of nitrogens with zero attached hydrogens (tertiary/aromatic N) is 2. The molecule has 0 saturated heterocycles. The average Bonchev–Trinajstić information content (AvgIpc) is 2.78. The van der Waals surface area contributed by atoms with E-state index in [-0.39, 0.29) is 6.04 Å². The summed E-state index contributed by atoms with van der Waals surface area (Å²) in [6.45, 7) is 6.96. The summed E-state index contributed by atoms with van der Waals surface area (Å²) in [6.07, 6.45) is 0. The first kappa shape index (κ1) is 13.2. The van der Waals surface area contributed by atoms with Gasteiger partial charge in [-0.15, -0.1) is 0 Å². The summed E-state index contributed by atoms with van der Waals surface area (Å²) in [4.78, 5) is 4.43. The van der Waals surface area contributed by atoms with Crippen LogP contribution in [0.2, 0.25) is 0 Å². The van der Waals surface area contributed by atoms with Crippen molar-refractivity contribution in [2.24, 2.45) is 0 Å². The minimum absolute atomic E-state index is 0.0759. The molecule has 1 aromatic carbocycles. The topological polar surface area (TPSA) is 51.0 Å². The molecule has 96 valence electrons. The van der Waals surface area contributed by atoms with Crippen LogP contribution in [0.5, 0.6) is 0 Å². The maximum atomic E-state index is 5.28. The van der Waals surface area contributed by atoms with Crippen LogP contribution >= 0.6 is 15.9 Å². The van der Waals surface area contributed by atoms with Gasteiger partial charge in [0.15, 0.2) is 0 Å².